The van der Waals surface area contributed by atoms with Crippen LogP contribution < -0.4 is 18.9 Å². The van der Waals surface area contributed by atoms with Crippen molar-refractivity contribution >= 4 is 11.4 Å². The van der Waals surface area contributed by atoms with Crippen LogP contribution in [0.1, 0.15) is 52.7 Å². The fraction of sp³-hybridized carbons (Fsp3) is 0.351. The van der Waals surface area contributed by atoms with Crippen molar-refractivity contribution in [3.63, 3.8) is 0 Å². The lowest BCUT2D eigenvalue weighted by Gasteiger charge is -2.19. The van der Waals surface area contributed by atoms with Gasteiger partial charge in [0.15, 0.2) is 0 Å². The third kappa shape index (κ3) is 6.01. The van der Waals surface area contributed by atoms with Gasteiger partial charge in [-0.25, -0.2) is 18.3 Å². The number of imidazole rings is 2. The zero-order chi connectivity index (χ0) is 31.1. The molecule has 2 atom stereocenters. The van der Waals surface area contributed by atoms with Crippen molar-refractivity contribution < 1.29 is 19.3 Å². The molecule has 7 rings (SSSR count). The Morgan fingerprint density at radius 1 is 0.667 bits per heavy atom. The minimum Gasteiger partial charge on any atom is -0.507 e. The van der Waals surface area contributed by atoms with Gasteiger partial charge in [-0.3, -0.25) is 0 Å². The molecule has 2 aliphatic heterocycles. The van der Waals surface area contributed by atoms with Gasteiger partial charge < -0.3 is 20.0 Å². The van der Waals surface area contributed by atoms with Gasteiger partial charge in [0.05, 0.1) is 27.2 Å². The van der Waals surface area contributed by atoms with E-state index in [0.717, 1.165) is 61.3 Å². The third-order valence-corrected chi connectivity index (χ3v) is 9.81. The number of phenolic OH excluding ortho intramolecular Hbond substituents is 2. The van der Waals surface area contributed by atoms with E-state index in [-0.39, 0.29) is 11.5 Å². The zero-order valence-corrected chi connectivity index (χ0v) is 26.5. The Labute approximate surface area is 265 Å². The molecule has 0 amide bonds. The first kappa shape index (κ1) is 29.0. The van der Waals surface area contributed by atoms with E-state index in [1.807, 2.05) is 6.07 Å². The minimum atomic E-state index is 0.179. The Morgan fingerprint density at radius 2 is 1.09 bits per heavy atom. The summed E-state index contributed by atoms with van der Waals surface area (Å²) >= 11 is 0. The zero-order valence-electron chi connectivity index (χ0n) is 26.5. The highest BCUT2D eigenvalue weighted by Gasteiger charge is 2.28. The van der Waals surface area contributed by atoms with Crippen molar-refractivity contribution in [1.29, 1.82) is 0 Å². The molecule has 2 saturated heterocycles. The molecule has 45 heavy (non-hydrogen) atoms. The van der Waals surface area contributed by atoms with E-state index in [0.29, 0.717) is 30.5 Å². The third-order valence-electron chi connectivity index (χ3n) is 9.81. The summed E-state index contributed by atoms with van der Waals surface area (Å²) in [6.07, 6.45) is 16.3. The Balaban J connectivity index is 1.01. The number of nitrogens with zero attached hydrogens (tertiary/aromatic N) is 6. The van der Waals surface area contributed by atoms with Gasteiger partial charge in [0.1, 0.15) is 48.4 Å². The van der Waals surface area contributed by atoms with Gasteiger partial charge in [0, 0.05) is 55.7 Å². The second-order valence-electron chi connectivity index (χ2n) is 13.0. The number of aryl methyl sites for hydroxylation is 2. The molecule has 2 unspecified atom stereocenters. The molecule has 232 valence electrons. The van der Waals surface area contributed by atoms with Crippen molar-refractivity contribution in [3.8, 4) is 11.5 Å². The fourth-order valence-electron chi connectivity index (χ4n) is 7.11. The Bertz CT molecular complexity index is 1660. The molecule has 0 saturated carbocycles. The number of hydrogen-bond acceptors (Lipinski definition) is 4. The molecule has 0 bridgehead atoms. The molecule has 2 aliphatic rings. The van der Waals surface area contributed by atoms with Crippen LogP contribution in [0.15, 0.2) is 92.0 Å². The molecule has 2 N–H and O–H groups in total. The summed E-state index contributed by atoms with van der Waals surface area (Å²) in [6.45, 7) is 5.88. The average Bonchev–Trinajstić information content (AvgIpc) is 3.87. The van der Waals surface area contributed by atoms with Crippen LogP contribution in [-0.2, 0) is 26.9 Å². The van der Waals surface area contributed by atoms with Crippen LogP contribution in [0.25, 0.3) is 0 Å². The highest BCUT2D eigenvalue weighted by Crippen LogP contribution is 2.37. The topological polar surface area (TPSA) is 64.6 Å². The summed E-state index contributed by atoms with van der Waals surface area (Å²) in [5.41, 5.74) is 6.97. The number of hydrogen-bond donors (Lipinski definition) is 2. The summed E-state index contributed by atoms with van der Waals surface area (Å²) in [5.74, 6) is 0.357. The van der Waals surface area contributed by atoms with E-state index >= 15 is 0 Å². The van der Waals surface area contributed by atoms with E-state index in [4.69, 9.17) is 0 Å². The van der Waals surface area contributed by atoms with E-state index < -0.39 is 0 Å². The number of aromatic nitrogens is 4. The summed E-state index contributed by atoms with van der Waals surface area (Å²) in [5, 5.41) is 22.0. The second-order valence-corrected chi connectivity index (χ2v) is 13.0. The molecule has 4 heterocycles. The Hall–Kier alpha value is -4.72. The smallest absolute Gasteiger partial charge is 0.243 e. The highest BCUT2D eigenvalue weighted by molar-refractivity contribution is 5.56. The standard InChI is InChI=1S/C37H42N6O2/c1-27-36(44)30(20-28-4-8-32(9-5-28)40-14-12-34(23-40)42-18-16-38(2)25-42)22-31(37(27)45)21-29-6-10-33(11-7-29)41-15-13-35(24-41)43-19-17-39(3)26-43/h4-11,16-19,22,25-26,34-35H,12-15,20-21,23-24H2,1-3H3/p+2. The molecule has 0 aliphatic carbocycles. The van der Waals surface area contributed by atoms with Gasteiger partial charge in [-0.05, 0) is 59.5 Å². The highest BCUT2D eigenvalue weighted by atomic mass is 16.3. The number of phenols is 2. The maximum atomic E-state index is 11.0. The summed E-state index contributed by atoms with van der Waals surface area (Å²) in [6, 6.07) is 20.4. The molecule has 8 heteroatoms. The molecule has 3 aromatic carbocycles. The average molecular weight is 605 g/mol. The van der Waals surface area contributed by atoms with E-state index in [1.165, 1.54) is 11.4 Å². The van der Waals surface area contributed by atoms with Crippen LogP contribution >= 0.6 is 0 Å². The number of anilines is 2. The first-order chi connectivity index (χ1) is 21.8. The first-order valence-corrected chi connectivity index (χ1v) is 16.1. The SMILES string of the molecule is Cc1c(O)c(Cc2ccc(N3CCC(n4cc[n+](C)c4)C3)cc2)cc(Cc2ccc(N3CCC(n4cc[n+](C)c4)C3)cc2)c1O. The van der Waals surface area contributed by atoms with Gasteiger partial charge in [0.25, 0.3) is 0 Å². The maximum Gasteiger partial charge on any atom is 0.243 e. The van der Waals surface area contributed by atoms with Crippen LogP contribution in [0.3, 0.4) is 0 Å². The molecule has 0 spiro atoms. The summed E-state index contributed by atoms with van der Waals surface area (Å²) < 4.78 is 8.80. The summed E-state index contributed by atoms with van der Waals surface area (Å²) in [4.78, 5) is 4.90. The molecular formula is C37H44N6O2+2. The van der Waals surface area contributed by atoms with E-state index in [1.54, 1.807) is 6.92 Å². The van der Waals surface area contributed by atoms with Crippen LogP contribution in [0, 0.1) is 6.92 Å². The molecule has 0 radical (unpaired) electrons. The van der Waals surface area contributed by atoms with Gasteiger partial charge in [0.2, 0.25) is 12.7 Å². The van der Waals surface area contributed by atoms with Crippen LogP contribution in [-0.4, -0.2) is 45.5 Å². The van der Waals surface area contributed by atoms with Crippen molar-refractivity contribution in [1.82, 2.24) is 9.13 Å². The molecule has 2 aromatic heterocycles. The maximum absolute atomic E-state index is 11.0. The Kier molecular flexibility index (Phi) is 7.73. The fourth-order valence-corrected chi connectivity index (χ4v) is 7.11. The lowest BCUT2D eigenvalue weighted by Crippen LogP contribution is -2.25. The predicted octanol–water partition coefficient (Wildman–Crippen LogP) is 4.74. The van der Waals surface area contributed by atoms with Gasteiger partial charge in [-0.1, -0.05) is 24.3 Å². The number of aromatic hydroxyl groups is 2. The normalized spacial score (nSPS) is 18.3. The van der Waals surface area contributed by atoms with Gasteiger partial charge in [-0.2, -0.15) is 0 Å². The van der Waals surface area contributed by atoms with E-state index in [2.05, 4.69) is 128 Å². The number of benzene rings is 3. The van der Waals surface area contributed by atoms with Gasteiger partial charge >= 0.3 is 0 Å². The van der Waals surface area contributed by atoms with Crippen molar-refractivity contribution in [3.05, 3.63) is 120 Å². The minimum absolute atomic E-state index is 0.179. The molecule has 8 nitrogen and oxygen atoms in total. The lowest BCUT2D eigenvalue weighted by molar-refractivity contribution is -0.671. The van der Waals surface area contributed by atoms with Crippen molar-refractivity contribution in [2.75, 3.05) is 36.0 Å². The first-order valence-electron chi connectivity index (χ1n) is 16.1. The molecule has 2 fully saturated rings. The largest absolute Gasteiger partial charge is 0.507 e. The summed E-state index contributed by atoms with van der Waals surface area (Å²) in [7, 11) is 4.12. The van der Waals surface area contributed by atoms with Crippen LogP contribution in [0.4, 0.5) is 11.4 Å². The van der Waals surface area contributed by atoms with Crippen LogP contribution in [0.2, 0.25) is 0 Å². The lowest BCUT2D eigenvalue weighted by atomic mass is 9.94. The molecule has 5 aromatic rings. The predicted molar refractivity (Wildman–Crippen MR) is 176 cm³/mol. The Morgan fingerprint density at radius 3 is 1.47 bits per heavy atom. The number of rotatable bonds is 8. The monoisotopic (exact) mass is 604 g/mol. The van der Waals surface area contributed by atoms with Crippen LogP contribution in [0.5, 0.6) is 11.5 Å². The van der Waals surface area contributed by atoms with Crippen molar-refractivity contribution in [2.24, 2.45) is 14.1 Å². The second kappa shape index (κ2) is 12.0. The molecular weight excluding hydrogens is 560 g/mol. The van der Waals surface area contributed by atoms with Crippen molar-refractivity contribution in [2.45, 2.75) is 44.7 Å². The van der Waals surface area contributed by atoms with E-state index in [9.17, 15) is 10.2 Å². The van der Waals surface area contributed by atoms with Gasteiger partial charge in [-0.15, -0.1) is 0 Å². The quantitative estimate of drug-likeness (QED) is 0.251.